The quantitative estimate of drug-likeness (QED) is 0.343. The average Bonchev–Trinajstić information content (AvgIpc) is 2.52. The van der Waals surface area contributed by atoms with Crippen LogP contribution in [0.15, 0.2) is 46.9 Å². The molecule has 0 unspecified atom stereocenters. The van der Waals surface area contributed by atoms with E-state index in [1.54, 1.807) is 18.2 Å². The second-order valence-electron chi connectivity index (χ2n) is 5.08. The second-order valence-corrected chi connectivity index (χ2v) is 5.93. The molecule has 0 aromatic heterocycles. The Morgan fingerprint density at radius 2 is 1.91 bits per heavy atom. The van der Waals surface area contributed by atoms with Crippen LogP contribution in [-0.2, 0) is 0 Å². The molecule has 2 aromatic rings. The molecule has 0 aliphatic heterocycles. The molecule has 0 spiro atoms. The highest BCUT2D eigenvalue weighted by atomic mass is 79.9. The van der Waals surface area contributed by atoms with E-state index in [-0.39, 0.29) is 5.69 Å². The minimum Gasteiger partial charge on any atom is -0.377 e. The minimum atomic E-state index is -0.462. The highest BCUT2D eigenvalue weighted by molar-refractivity contribution is 9.10. The fourth-order valence-corrected chi connectivity index (χ4v) is 2.84. The third kappa shape index (κ3) is 3.96. The van der Waals surface area contributed by atoms with E-state index in [2.05, 4.69) is 22.0 Å². The topological polar surface area (TPSA) is 70.2 Å². The number of hydrogen-bond acceptors (Lipinski definition) is 4. The number of allylic oxidation sites excluding steroid dienone is 1. The molecule has 0 radical (unpaired) electrons. The van der Waals surface area contributed by atoms with Gasteiger partial charge in [0, 0.05) is 30.7 Å². The first-order valence-corrected chi connectivity index (χ1v) is 7.55. The van der Waals surface area contributed by atoms with Crippen LogP contribution in [0.1, 0.15) is 11.1 Å². The van der Waals surface area contributed by atoms with Crippen molar-refractivity contribution in [1.29, 1.82) is 5.26 Å². The van der Waals surface area contributed by atoms with Crippen molar-refractivity contribution in [1.82, 2.24) is 0 Å². The molecule has 2 aromatic carbocycles. The number of nitriles is 1. The SMILES string of the molecule is CN(C)c1ccc(/C=C(/C#N)c2ccc([N+](=O)[O-])cc2)cc1Br. The van der Waals surface area contributed by atoms with Crippen LogP contribution in [0.2, 0.25) is 0 Å². The predicted octanol–water partition coefficient (Wildman–Crippen LogP) is 4.49. The lowest BCUT2D eigenvalue weighted by atomic mass is 10.0. The van der Waals surface area contributed by atoms with Crippen LogP contribution in [-0.4, -0.2) is 19.0 Å². The maximum Gasteiger partial charge on any atom is 0.269 e. The van der Waals surface area contributed by atoms with Crippen molar-refractivity contribution >= 4 is 39.0 Å². The van der Waals surface area contributed by atoms with Gasteiger partial charge in [-0.3, -0.25) is 10.1 Å². The van der Waals surface area contributed by atoms with Crippen molar-refractivity contribution < 1.29 is 4.92 Å². The van der Waals surface area contributed by atoms with Gasteiger partial charge < -0.3 is 4.90 Å². The number of halogens is 1. The van der Waals surface area contributed by atoms with Crippen molar-refractivity contribution in [3.05, 3.63) is 68.2 Å². The molecule has 0 atom stereocenters. The number of nitro benzene ring substituents is 1. The summed E-state index contributed by atoms with van der Waals surface area (Å²) in [5.74, 6) is 0. The van der Waals surface area contributed by atoms with Crippen molar-refractivity contribution in [3.63, 3.8) is 0 Å². The number of non-ortho nitro benzene ring substituents is 1. The fourth-order valence-electron chi connectivity index (χ4n) is 2.09. The molecule has 2 rings (SSSR count). The van der Waals surface area contributed by atoms with Gasteiger partial charge in [-0.1, -0.05) is 6.07 Å². The van der Waals surface area contributed by atoms with Crippen molar-refractivity contribution in [2.75, 3.05) is 19.0 Å². The van der Waals surface area contributed by atoms with E-state index in [4.69, 9.17) is 0 Å². The van der Waals surface area contributed by atoms with Crippen molar-refractivity contribution in [2.24, 2.45) is 0 Å². The Morgan fingerprint density at radius 3 is 2.39 bits per heavy atom. The fraction of sp³-hybridized carbons (Fsp3) is 0.118. The van der Waals surface area contributed by atoms with Gasteiger partial charge in [-0.15, -0.1) is 0 Å². The van der Waals surface area contributed by atoms with Gasteiger partial charge in [0.1, 0.15) is 0 Å². The summed E-state index contributed by atoms with van der Waals surface area (Å²) < 4.78 is 0.928. The van der Waals surface area contributed by atoms with Crippen LogP contribution in [0, 0.1) is 21.4 Å². The number of nitro groups is 1. The molecule has 0 fully saturated rings. The highest BCUT2D eigenvalue weighted by Crippen LogP contribution is 2.28. The molecule has 0 saturated heterocycles. The summed E-state index contributed by atoms with van der Waals surface area (Å²) >= 11 is 3.51. The van der Waals surface area contributed by atoms with Crippen molar-refractivity contribution in [2.45, 2.75) is 0 Å². The van der Waals surface area contributed by atoms with E-state index in [0.717, 1.165) is 15.7 Å². The smallest absolute Gasteiger partial charge is 0.269 e. The van der Waals surface area contributed by atoms with Crippen molar-refractivity contribution in [3.8, 4) is 6.07 Å². The average molecular weight is 372 g/mol. The van der Waals surface area contributed by atoms with Gasteiger partial charge in [-0.05, 0) is 57.4 Å². The summed E-state index contributed by atoms with van der Waals surface area (Å²) in [6.45, 7) is 0. The van der Waals surface area contributed by atoms with Crippen LogP contribution in [0.5, 0.6) is 0 Å². The lowest BCUT2D eigenvalue weighted by molar-refractivity contribution is -0.384. The standard InChI is InChI=1S/C17H14BrN3O2/c1-20(2)17-8-3-12(10-16(17)18)9-14(11-19)13-4-6-15(7-5-13)21(22)23/h3-10H,1-2H3/b14-9-. The molecule has 6 heteroatoms. The molecule has 0 heterocycles. The third-order valence-electron chi connectivity index (χ3n) is 3.27. The van der Waals surface area contributed by atoms with Gasteiger partial charge in [-0.2, -0.15) is 5.26 Å². The molecular formula is C17H14BrN3O2. The van der Waals surface area contributed by atoms with Crippen LogP contribution >= 0.6 is 15.9 Å². The molecular weight excluding hydrogens is 358 g/mol. The zero-order chi connectivity index (χ0) is 17.0. The minimum absolute atomic E-state index is 0.00381. The molecule has 0 bridgehead atoms. The first-order chi connectivity index (χ1) is 10.9. The predicted molar refractivity (Wildman–Crippen MR) is 95.0 cm³/mol. The van der Waals surface area contributed by atoms with E-state index in [1.807, 2.05) is 37.2 Å². The monoisotopic (exact) mass is 371 g/mol. The first-order valence-electron chi connectivity index (χ1n) is 6.76. The van der Waals surface area contributed by atoms with Crippen LogP contribution in [0.4, 0.5) is 11.4 Å². The van der Waals surface area contributed by atoms with E-state index < -0.39 is 4.92 Å². The Balaban J connectivity index is 2.37. The van der Waals surface area contributed by atoms with Crippen LogP contribution < -0.4 is 4.90 Å². The lowest BCUT2D eigenvalue weighted by Crippen LogP contribution is -2.09. The van der Waals surface area contributed by atoms with E-state index in [0.29, 0.717) is 11.1 Å². The Bertz CT molecular complexity index is 806. The molecule has 116 valence electrons. The third-order valence-corrected chi connectivity index (χ3v) is 3.91. The Kier molecular flexibility index (Phi) is 5.14. The Labute approximate surface area is 142 Å². The Hall–Kier alpha value is -2.65. The molecule has 0 amide bonds. The van der Waals surface area contributed by atoms with Gasteiger partial charge in [-0.25, -0.2) is 0 Å². The summed E-state index contributed by atoms with van der Waals surface area (Å²) in [6.07, 6.45) is 1.76. The van der Waals surface area contributed by atoms with E-state index in [1.165, 1.54) is 12.1 Å². The van der Waals surface area contributed by atoms with E-state index >= 15 is 0 Å². The lowest BCUT2D eigenvalue weighted by Gasteiger charge is -2.14. The largest absolute Gasteiger partial charge is 0.377 e. The summed E-state index contributed by atoms with van der Waals surface area (Å²) in [7, 11) is 3.90. The summed E-state index contributed by atoms with van der Waals surface area (Å²) in [6, 6.07) is 13.9. The van der Waals surface area contributed by atoms with E-state index in [9.17, 15) is 15.4 Å². The normalized spacial score (nSPS) is 11.0. The number of hydrogen-bond donors (Lipinski definition) is 0. The second kappa shape index (κ2) is 7.07. The number of nitrogens with zero attached hydrogens (tertiary/aromatic N) is 3. The molecule has 5 nitrogen and oxygen atoms in total. The van der Waals surface area contributed by atoms with Crippen LogP contribution in [0.3, 0.4) is 0 Å². The summed E-state index contributed by atoms with van der Waals surface area (Å²) in [4.78, 5) is 12.2. The molecule has 0 aliphatic carbocycles. The summed E-state index contributed by atoms with van der Waals surface area (Å²) in [5.41, 5.74) is 3.01. The number of benzene rings is 2. The van der Waals surface area contributed by atoms with Gasteiger partial charge in [0.2, 0.25) is 0 Å². The molecule has 23 heavy (non-hydrogen) atoms. The zero-order valence-corrected chi connectivity index (χ0v) is 14.2. The first kappa shape index (κ1) is 16.7. The van der Waals surface area contributed by atoms with Gasteiger partial charge in [0.05, 0.1) is 22.3 Å². The van der Waals surface area contributed by atoms with Gasteiger partial charge in [0.15, 0.2) is 0 Å². The van der Waals surface area contributed by atoms with Gasteiger partial charge >= 0.3 is 0 Å². The highest BCUT2D eigenvalue weighted by Gasteiger charge is 2.08. The summed E-state index contributed by atoms with van der Waals surface area (Å²) in [5, 5.41) is 20.0. The zero-order valence-electron chi connectivity index (χ0n) is 12.7. The van der Waals surface area contributed by atoms with Crippen LogP contribution in [0.25, 0.3) is 11.6 Å². The molecule has 0 aliphatic rings. The molecule has 0 saturated carbocycles. The maximum atomic E-state index is 10.7. The Morgan fingerprint density at radius 1 is 1.26 bits per heavy atom. The maximum absolute atomic E-state index is 10.7. The number of anilines is 1. The molecule has 0 N–H and O–H groups in total. The number of rotatable bonds is 4. The van der Waals surface area contributed by atoms with Gasteiger partial charge in [0.25, 0.3) is 5.69 Å².